The molecule has 3 aromatic rings. The molecule has 0 bridgehead atoms. The average Bonchev–Trinajstić information content (AvgIpc) is 3.09. The third kappa shape index (κ3) is 5.27. The number of rotatable bonds is 6. The zero-order valence-corrected chi connectivity index (χ0v) is 17.5. The normalized spacial score (nSPS) is 11.1. The summed E-state index contributed by atoms with van der Waals surface area (Å²) < 4.78 is 27.4. The van der Waals surface area contributed by atoms with E-state index >= 15 is 0 Å². The Bertz CT molecular complexity index is 1170. The van der Waals surface area contributed by atoms with Crippen LogP contribution in [0, 0.1) is 0 Å². The lowest BCUT2D eigenvalue weighted by Crippen LogP contribution is -2.12. The summed E-state index contributed by atoms with van der Waals surface area (Å²) in [5.41, 5.74) is 0.501. The fourth-order valence-corrected chi connectivity index (χ4v) is 5.10. The van der Waals surface area contributed by atoms with Crippen molar-refractivity contribution in [2.75, 3.05) is 10.0 Å². The smallest absolute Gasteiger partial charge is 0.335 e. The number of carbonyl (C=O) groups excluding carboxylic acids is 1. The summed E-state index contributed by atoms with van der Waals surface area (Å²) in [6.07, 6.45) is 0. The Hall–Kier alpha value is -2.59. The molecule has 7 nitrogen and oxygen atoms in total. The summed E-state index contributed by atoms with van der Waals surface area (Å²) in [4.78, 5) is 23.4. The number of aromatic carboxylic acids is 1. The second-order valence-corrected chi connectivity index (χ2v) is 9.35. The molecule has 1 heterocycles. The molecule has 11 heteroatoms. The van der Waals surface area contributed by atoms with Gasteiger partial charge in [0.05, 0.1) is 15.3 Å². The second kappa shape index (κ2) is 8.42. The summed E-state index contributed by atoms with van der Waals surface area (Å²) in [6.45, 7) is 0. The van der Waals surface area contributed by atoms with Gasteiger partial charge in [0.15, 0.2) is 0 Å². The fourth-order valence-electron chi connectivity index (χ4n) is 2.28. The monoisotopic (exact) mass is 470 g/mol. The Labute approximate surface area is 180 Å². The molecule has 29 heavy (non-hydrogen) atoms. The van der Waals surface area contributed by atoms with Gasteiger partial charge in [-0.1, -0.05) is 23.2 Å². The molecular weight excluding hydrogens is 459 g/mol. The van der Waals surface area contributed by atoms with Crippen molar-refractivity contribution < 1.29 is 23.1 Å². The van der Waals surface area contributed by atoms with E-state index in [2.05, 4.69) is 10.0 Å². The van der Waals surface area contributed by atoms with Crippen molar-refractivity contribution in [1.29, 1.82) is 0 Å². The van der Waals surface area contributed by atoms with Crippen LogP contribution in [0.25, 0.3) is 0 Å². The molecule has 0 aliphatic rings. The quantitative estimate of drug-likeness (QED) is 0.478. The van der Waals surface area contributed by atoms with Crippen LogP contribution in [0.15, 0.2) is 59.5 Å². The lowest BCUT2D eigenvalue weighted by molar-refractivity contribution is 0.0696. The number of benzene rings is 2. The highest BCUT2D eigenvalue weighted by atomic mass is 35.5. The molecule has 3 rings (SSSR count). The van der Waals surface area contributed by atoms with E-state index in [0.29, 0.717) is 5.69 Å². The van der Waals surface area contributed by atoms with Gasteiger partial charge in [0.2, 0.25) is 0 Å². The first kappa shape index (κ1) is 21.1. The van der Waals surface area contributed by atoms with Crippen LogP contribution < -0.4 is 10.0 Å². The van der Waals surface area contributed by atoms with Crippen molar-refractivity contribution >= 4 is 67.1 Å². The number of anilines is 2. The van der Waals surface area contributed by atoms with Crippen LogP contribution in [0.5, 0.6) is 0 Å². The molecule has 0 fully saturated rings. The molecular formula is C18H12Cl2N2O5S2. The lowest BCUT2D eigenvalue weighted by Gasteiger charge is -2.07. The van der Waals surface area contributed by atoms with E-state index in [1.54, 1.807) is 0 Å². The van der Waals surface area contributed by atoms with E-state index in [0.717, 1.165) is 11.3 Å². The predicted molar refractivity (Wildman–Crippen MR) is 113 cm³/mol. The van der Waals surface area contributed by atoms with Crippen LogP contribution in [0.2, 0.25) is 10.0 Å². The summed E-state index contributed by atoms with van der Waals surface area (Å²) in [7, 11) is -3.94. The number of hydrogen-bond donors (Lipinski definition) is 3. The molecule has 3 N–H and O–H groups in total. The summed E-state index contributed by atoms with van der Waals surface area (Å²) in [5.74, 6) is -1.53. The molecule has 2 aromatic carbocycles. The topological polar surface area (TPSA) is 113 Å². The maximum Gasteiger partial charge on any atom is 0.335 e. The molecule has 1 aromatic heterocycles. The van der Waals surface area contributed by atoms with Crippen molar-refractivity contribution in [2.45, 2.75) is 4.90 Å². The maximum absolute atomic E-state index is 12.5. The summed E-state index contributed by atoms with van der Waals surface area (Å²) in [5, 5.41) is 12.1. The number of sulfonamides is 1. The van der Waals surface area contributed by atoms with Gasteiger partial charge in [0.25, 0.3) is 15.9 Å². The first-order valence-corrected chi connectivity index (χ1v) is 10.9. The van der Waals surface area contributed by atoms with Crippen molar-refractivity contribution in [3.63, 3.8) is 0 Å². The Morgan fingerprint density at radius 1 is 0.931 bits per heavy atom. The highest BCUT2D eigenvalue weighted by molar-refractivity contribution is 7.93. The molecule has 0 spiro atoms. The molecule has 0 aliphatic heterocycles. The van der Waals surface area contributed by atoms with Gasteiger partial charge in [-0.25, -0.2) is 13.2 Å². The molecule has 0 atom stereocenters. The van der Waals surface area contributed by atoms with Gasteiger partial charge >= 0.3 is 5.97 Å². The zero-order chi connectivity index (χ0) is 21.2. The van der Waals surface area contributed by atoms with Crippen molar-refractivity contribution in [1.82, 2.24) is 0 Å². The number of halogens is 2. The fraction of sp³-hybridized carbons (Fsp3) is 0. The highest BCUT2D eigenvalue weighted by Crippen LogP contribution is 2.28. The van der Waals surface area contributed by atoms with Crippen LogP contribution in [-0.4, -0.2) is 25.4 Å². The lowest BCUT2D eigenvalue weighted by atomic mass is 10.2. The first-order chi connectivity index (χ1) is 13.6. The molecule has 0 aliphatic carbocycles. The molecule has 1 amide bonds. The molecule has 150 valence electrons. The number of carbonyl (C=O) groups is 2. The summed E-state index contributed by atoms with van der Waals surface area (Å²) >= 11 is 12.6. The van der Waals surface area contributed by atoms with Gasteiger partial charge in [-0.05, 0) is 54.6 Å². The van der Waals surface area contributed by atoms with Gasteiger partial charge in [-0.15, -0.1) is 11.3 Å². The van der Waals surface area contributed by atoms with Crippen molar-refractivity contribution in [2.24, 2.45) is 0 Å². The zero-order valence-electron chi connectivity index (χ0n) is 14.3. The van der Waals surface area contributed by atoms with E-state index in [-0.39, 0.29) is 30.4 Å². The molecule has 0 radical (unpaired) electrons. The Morgan fingerprint density at radius 2 is 1.55 bits per heavy atom. The van der Waals surface area contributed by atoms with Crippen molar-refractivity contribution in [3.05, 3.63) is 75.1 Å². The van der Waals surface area contributed by atoms with Gasteiger partial charge in [-0.2, -0.15) is 0 Å². The van der Waals surface area contributed by atoms with Gasteiger partial charge < -0.3 is 10.4 Å². The van der Waals surface area contributed by atoms with E-state index < -0.39 is 21.9 Å². The van der Waals surface area contributed by atoms with E-state index in [1.807, 2.05) is 0 Å². The van der Waals surface area contributed by atoms with Crippen LogP contribution >= 0.6 is 34.5 Å². The summed E-state index contributed by atoms with van der Waals surface area (Å²) in [6, 6.07) is 12.5. The van der Waals surface area contributed by atoms with Gasteiger partial charge in [0.1, 0.15) is 5.00 Å². The van der Waals surface area contributed by atoms with Gasteiger partial charge in [0, 0.05) is 15.7 Å². The number of amides is 1. The van der Waals surface area contributed by atoms with Crippen LogP contribution in [-0.2, 0) is 10.0 Å². The molecule has 0 saturated heterocycles. The number of carboxylic acids is 1. The molecule has 0 saturated carbocycles. The third-order valence-electron chi connectivity index (χ3n) is 3.60. The van der Waals surface area contributed by atoms with Gasteiger partial charge in [-0.3, -0.25) is 9.52 Å². The Balaban J connectivity index is 1.72. The SMILES string of the molecule is O=C(O)c1ccc(NC(=O)c2ccc(NS(=O)(=O)c3cc(Cl)cc(Cl)c3)s2)cc1. The maximum atomic E-state index is 12.5. The minimum atomic E-state index is -3.94. The van der Waals surface area contributed by atoms with E-state index in [4.69, 9.17) is 28.3 Å². The Kier molecular flexibility index (Phi) is 6.13. The predicted octanol–water partition coefficient (Wildman–Crippen LogP) is 4.81. The van der Waals surface area contributed by atoms with Crippen LogP contribution in [0.4, 0.5) is 10.7 Å². The first-order valence-electron chi connectivity index (χ1n) is 7.87. The largest absolute Gasteiger partial charge is 0.478 e. The minimum absolute atomic E-state index is 0.0944. The number of nitrogens with one attached hydrogen (secondary N) is 2. The third-order valence-corrected chi connectivity index (χ3v) is 6.51. The van der Waals surface area contributed by atoms with Crippen LogP contribution in [0.1, 0.15) is 20.0 Å². The minimum Gasteiger partial charge on any atom is -0.478 e. The number of carboxylic acid groups (broad SMARTS) is 1. The van der Waals surface area contributed by atoms with E-state index in [1.165, 1.54) is 54.6 Å². The molecule has 0 unspecified atom stereocenters. The Morgan fingerprint density at radius 3 is 2.14 bits per heavy atom. The number of thiophene rings is 1. The standard InChI is InChI=1S/C18H12Cl2N2O5S2/c19-11-7-12(20)9-14(8-11)29(26,27)22-16-6-5-15(28-16)17(23)21-13-3-1-10(2-4-13)18(24)25/h1-9,22H,(H,21,23)(H,24,25). The highest BCUT2D eigenvalue weighted by Gasteiger charge is 2.18. The van der Waals surface area contributed by atoms with Crippen LogP contribution in [0.3, 0.4) is 0 Å². The number of hydrogen-bond acceptors (Lipinski definition) is 5. The average molecular weight is 471 g/mol. The van der Waals surface area contributed by atoms with E-state index in [9.17, 15) is 18.0 Å². The second-order valence-electron chi connectivity index (χ2n) is 5.71. The van der Waals surface area contributed by atoms with Crippen molar-refractivity contribution in [3.8, 4) is 0 Å².